The van der Waals surface area contributed by atoms with Gasteiger partial charge in [-0.25, -0.2) is 9.59 Å². The lowest BCUT2D eigenvalue weighted by Crippen LogP contribution is -2.00. The highest BCUT2D eigenvalue weighted by Gasteiger charge is 2.22. The predicted molar refractivity (Wildman–Crippen MR) is 71.6 cm³/mol. The van der Waals surface area contributed by atoms with Crippen molar-refractivity contribution in [3.63, 3.8) is 0 Å². The number of aromatic amines is 2. The van der Waals surface area contributed by atoms with Crippen LogP contribution in [-0.4, -0.2) is 63.3 Å². The van der Waals surface area contributed by atoms with Crippen LogP contribution < -0.4 is 0 Å². The van der Waals surface area contributed by atoms with Crippen LogP contribution in [0.15, 0.2) is 12.4 Å². The van der Waals surface area contributed by atoms with E-state index in [2.05, 4.69) is 10.2 Å². The fraction of sp³-hybridized carbons (Fsp3) is 0. The Morgan fingerprint density at radius 1 is 0.875 bits per heavy atom. The third-order valence-electron chi connectivity index (χ3n) is 2.06. The minimum absolute atomic E-state index is 0. The average Bonchev–Trinajstić information content (AvgIpc) is 3.08. The minimum atomic E-state index is -1.39. The first kappa shape index (κ1) is 22.4. The van der Waals surface area contributed by atoms with Crippen LogP contribution in [0.1, 0.15) is 21.0 Å². The van der Waals surface area contributed by atoms with Crippen LogP contribution in [0.25, 0.3) is 0 Å². The van der Waals surface area contributed by atoms with E-state index in [0.29, 0.717) is 0 Å². The third kappa shape index (κ3) is 5.13. The van der Waals surface area contributed by atoms with Crippen LogP contribution in [0, 0.1) is 20.2 Å². The lowest BCUT2D eigenvalue weighted by atomic mass is 10.4. The summed E-state index contributed by atoms with van der Waals surface area (Å²) < 4.78 is 0. The van der Waals surface area contributed by atoms with E-state index in [0.717, 1.165) is 12.4 Å². The van der Waals surface area contributed by atoms with Crippen molar-refractivity contribution in [3.8, 4) is 0 Å². The highest BCUT2D eigenvalue weighted by atomic mass is 16.6. The average molecular weight is 350 g/mol. The van der Waals surface area contributed by atoms with Crippen molar-refractivity contribution in [2.75, 3.05) is 0 Å². The topological polar surface area (TPSA) is 281 Å². The largest absolute Gasteiger partial charge is 0.476 e. The molecular weight excluding hydrogens is 340 g/mol. The molecule has 0 fully saturated rings. The Balaban J connectivity index is 0. The molecule has 0 amide bonds. The normalized spacial score (nSPS) is 8.67. The molecule has 0 atom stereocenters. The Kier molecular flexibility index (Phi) is 8.54. The van der Waals surface area contributed by atoms with Gasteiger partial charge in [0.05, 0.1) is 9.85 Å². The van der Waals surface area contributed by atoms with Gasteiger partial charge in [0.15, 0.2) is 0 Å². The van der Waals surface area contributed by atoms with Gasteiger partial charge in [-0.2, -0.15) is 10.2 Å². The van der Waals surface area contributed by atoms with E-state index in [4.69, 9.17) is 10.2 Å². The fourth-order valence-electron chi connectivity index (χ4n) is 1.15. The highest BCUT2D eigenvalue weighted by Crippen LogP contribution is 2.14. The SMILES string of the molecule is O.O.O=C(O)c1[nH]ncc1[N+](=O)[O-].O=C(O)c1[nH]ncc1[N+](=O)[O-]. The predicted octanol–water partition coefficient (Wildman–Crippen LogP) is -1.62. The van der Waals surface area contributed by atoms with Gasteiger partial charge in [0.1, 0.15) is 12.4 Å². The first-order valence-corrected chi connectivity index (χ1v) is 5.07. The molecular formula is C8H10N6O10. The molecule has 0 saturated carbocycles. The molecule has 0 aliphatic rings. The molecule has 2 aromatic rings. The van der Waals surface area contributed by atoms with Crippen molar-refractivity contribution in [1.29, 1.82) is 0 Å². The van der Waals surface area contributed by atoms with Crippen LogP contribution in [-0.2, 0) is 0 Å². The molecule has 0 aliphatic heterocycles. The quantitative estimate of drug-likeness (QED) is 0.361. The maximum atomic E-state index is 10.2. The van der Waals surface area contributed by atoms with Gasteiger partial charge in [0, 0.05) is 0 Å². The zero-order valence-electron chi connectivity index (χ0n) is 11.3. The van der Waals surface area contributed by atoms with Crippen LogP contribution >= 0.6 is 0 Å². The lowest BCUT2D eigenvalue weighted by molar-refractivity contribution is -0.385. The summed E-state index contributed by atoms with van der Waals surface area (Å²) in [5.74, 6) is -2.79. The van der Waals surface area contributed by atoms with Gasteiger partial charge in [-0.1, -0.05) is 0 Å². The molecule has 16 heteroatoms. The number of carbonyl (C=O) groups is 2. The van der Waals surface area contributed by atoms with Gasteiger partial charge in [0.25, 0.3) is 0 Å². The number of hydrogen-bond acceptors (Lipinski definition) is 8. The molecule has 2 heterocycles. The zero-order chi connectivity index (χ0) is 16.9. The summed E-state index contributed by atoms with van der Waals surface area (Å²) in [4.78, 5) is 38.9. The number of nitro groups is 2. The monoisotopic (exact) mass is 350 g/mol. The standard InChI is InChI=1S/2C4H3N3O4.2H2O/c2*8-4(9)3-2(7(10)11)1-5-6-3;;/h2*1H,(H,5,6)(H,8,9);2*1H2. The molecule has 0 radical (unpaired) electrons. The Bertz CT molecular complexity index is 616. The highest BCUT2D eigenvalue weighted by molar-refractivity contribution is 5.90. The maximum absolute atomic E-state index is 10.2. The van der Waals surface area contributed by atoms with Gasteiger partial charge in [-0.15, -0.1) is 0 Å². The van der Waals surface area contributed by atoms with Gasteiger partial charge in [0.2, 0.25) is 11.4 Å². The van der Waals surface area contributed by atoms with Gasteiger partial charge >= 0.3 is 23.3 Å². The molecule has 8 N–H and O–H groups in total. The second-order valence-electron chi connectivity index (χ2n) is 3.39. The van der Waals surface area contributed by atoms with Crippen molar-refractivity contribution < 1.29 is 40.6 Å². The molecule has 0 spiro atoms. The number of aromatic nitrogens is 4. The van der Waals surface area contributed by atoms with E-state index in [9.17, 15) is 29.8 Å². The fourth-order valence-corrected chi connectivity index (χ4v) is 1.15. The first-order chi connectivity index (χ1) is 10.3. The number of rotatable bonds is 4. The van der Waals surface area contributed by atoms with Crippen molar-refractivity contribution in [2.24, 2.45) is 0 Å². The van der Waals surface area contributed by atoms with E-state index in [1.54, 1.807) is 0 Å². The number of H-pyrrole nitrogens is 2. The Morgan fingerprint density at radius 3 is 1.33 bits per heavy atom. The van der Waals surface area contributed by atoms with Gasteiger partial charge < -0.3 is 21.2 Å². The van der Waals surface area contributed by atoms with Crippen molar-refractivity contribution >= 4 is 23.3 Å². The molecule has 0 aliphatic carbocycles. The van der Waals surface area contributed by atoms with E-state index < -0.39 is 44.5 Å². The number of nitrogens with one attached hydrogen (secondary N) is 2. The number of carboxylic acid groups (broad SMARTS) is 2. The Morgan fingerprint density at radius 2 is 1.17 bits per heavy atom. The molecule has 2 rings (SSSR count). The van der Waals surface area contributed by atoms with Crippen molar-refractivity contribution in [2.45, 2.75) is 0 Å². The van der Waals surface area contributed by atoms with Crippen LogP contribution in [0.2, 0.25) is 0 Å². The molecule has 0 bridgehead atoms. The van der Waals surface area contributed by atoms with E-state index in [-0.39, 0.29) is 11.0 Å². The lowest BCUT2D eigenvalue weighted by Gasteiger charge is -1.86. The number of hydrogen-bond donors (Lipinski definition) is 4. The molecule has 24 heavy (non-hydrogen) atoms. The molecule has 0 saturated heterocycles. The summed E-state index contributed by atoms with van der Waals surface area (Å²) in [6.45, 7) is 0. The van der Waals surface area contributed by atoms with Crippen LogP contribution in [0.4, 0.5) is 11.4 Å². The summed E-state index contributed by atoms with van der Waals surface area (Å²) in [6.07, 6.45) is 1.70. The number of carboxylic acids is 2. The molecule has 2 aromatic heterocycles. The molecule has 16 nitrogen and oxygen atoms in total. The van der Waals surface area contributed by atoms with Crippen molar-refractivity contribution in [1.82, 2.24) is 20.4 Å². The second kappa shape index (κ2) is 9.17. The summed E-state index contributed by atoms with van der Waals surface area (Å²) in [7, 11) is 0. The zero-order valence-corrected chi connectivity index (χ0v) is 11.3. The van der Waals surface area contributed by atoms with Crippen LogP contribution in [0.5, 0.6) is 0 Å². The summed E-state index contributed by atoms with van der Waals surface area (Å²) >= 11 is 0. The number of aromatic carboxylic acids is 2. The summed E-state index contributed by atoms with van der Waals surface area (Å²) in [6, 6.07) is 0. The molecule has 132 valence electrons. The van der Waals surface area contributed by atoms with Gasteiger partial charge in [-0.05, 0) is 0 Å². The number of nitrogens with zero attached hydrogens (tertiary/aromatic N) is 4. The second-order valence-corrected chi connectivity index (χ2v) is 3.39. The Hall–Kier alpha value is -3.92. The minimum Gasteiger partial charge on any atom is -0.476 e. The third-order valence-corrected chi connectivity index (χ3v) is 2.06. The molecule has 0 aromatic carbocycles. The van der Waals surface area contributed by atoms with Crippen molar-refractivity contribution in [3.05, 3.63) is 44.0 Å². The van der Waals surface area contributed by atoms with Crippen LogP contribution in [0.3, 0.4) is 0 Å². The smallest absolute Gasteiger partial charge is 0.361 e. The summed E-state index contributed by atoms with van der Waals surface area (Å²) in [5, 5.41) is 47.2. The van der Waals surface area contributed by atoms with E-state index in [1.165, 1.54) is 0 Å². The van der Waals surface area contributed by atoms with E-state index >= 15 is 0 Å². The Labute approximate surface area is 129 Å². The maximum Gasteiger partial charge on any atom is 0.361 e. The van der Waals surface area contributed by atoms with Gasteiger partial charge in [-0.3, -0.25) is 30.4 Å². The first-order valence-electron chi connectivity index (χ1n) is 5.07. The molecule has 0 unspecified atom stereocenters. The van der Waals surface area contributed by atoms with E-state index in [1.807, 2.05) is 10.2 Å². The summed E-state index contributed by atoms with van der Waals surface area (Å²) in [5.41, 5.74) is -2.07.